The predicted molar refractivity (Wildman–Crippen MR) is 190 cm³/mol. The molecular weight excluding hydrogens is 731 g/mol. The van der Waals surface area contributed by atoms with Gasteiger partial charge in [0, 0.05) is 69.6 Å². The summed E-state index contributed by atoms with van der Waals surface area (Å²) in [4.78, 5) is 74.0. The zero-order valence-electron chi connectivity index (χ0n) is 29.2. The Labute approximate surface area is 312 Å². The Kier molecular flexibility index (Phi) is 11.1. The van der Waals surface area contributed by atoms with Crippen LogP contribution in [0, 0.1) is 17.5 Å². The number of aromatic nitrogens is 1. The molecule has 0 saturated carbocycles. The summed E-state index contributed by atoms with van der Waals surface area (Å²) in [5.41, 5.74) is 0.809. The van der Waals surface area contributed by atoms with Crippen molar-refractivity contribution in [3.05, 3.63) is 58.2 Å². The molecule has 286 valence electrons. The fourth-order valence-electron chi connectivity index (χ4n) is 6.95. The molecule has 7 rings (SSSR count). The van der Waals surface area contributed by atoms with E-state index in [0.29, 0.717) is 83.3 Å². The number of fused-ring (bicyclic) bond motifs is 1. The van der Waals surface area contributed by atoms with E-state index in [0.717, 1.165) is 22.2 Å². The zero-order valence-corrected chi connectivity index (χ0v) is 30.0. The summed E-state index contributed by atoms with van der Waals surface area (Å²) < 4.78 is 55.4. The number of nitrogens with one attached hydrogen (secondary N) is 2. The van der Waals surface area contributed by atoms with Crippen LogP contribution in [0.1, 0.15) is 46.4 Å². The number of rotatable bonds is 12. The van der Waals surface area contributed by atoms with Crippen molar-refractivity contribution in [3.63, 3.8) is 0 Å². The molecule has 4 aliphatic heterocycles. The first-order valence-electron chi connectivity index (χ1n) is 17.8. The number of imide groups is 2. The van der Waals surface area contributed by atoms with Crippen LogP contribution in [-0.2, 0) is 19.1 Å². The molecule has 54 heavy (non-hydrogen) atoms. The van der Waals surface area contributed by atoms with Crippen molar-refractivity contribution < 1.29 is 46.6 Å². The van der Waals surface area contributed by atoms with E-state index < -0.39 is 47.1 Å². The van der Waals surface area contributed by atoms with Crippen LogP contribution >= 0.6 is 11.3 Å². The number of amides is 5. The highest BCUT2D eigenvalue weighted by atomic mass is 32.1. The van der Waals surface area contributed by atoms with Crippen molar-refractivity contribution in [2.75, 3.05) is 82.0 Å². The number of halogens is 3. The van der Waals surface area contributed by atoms with Gasteiger partial charge in [-0.2, -0.15) is 4.39 Å². The van der Waals surface area contributed by atoms with Gasteiger partial charge >= 0.3 is 0 Å². The van der Waals surface area contributed by atoms with E-state index in [1.54, 1.807) is 15.2 Å². The summed E-state index contributed by atoms with van der Waals surface area (Å²) in [6.45, 7) is 4.68. The van der Waals surface area contributed by atoms with Crippen LogP contribution in [0.5, 0.6) is 5.75 Å². The second kappa shape index (κ2) is 16.1. The molecule has 3 fully saturated rings. The lowest BCUT2D eigenvalue weighted by atomic mass is 10.0. The molecule has 3 saturated heterocycles. The van der Waals surface area contributed by atoms with Gasteiger partial charge in [-0.3, -0.25) is 34.2 Å². The number of benzene rings is 2. The van der Waals surface area contributed by atoms with Gasteiger partial charge in [-0.1, -0.05) is 0 Å². The summed E-state index contributed by atoms with van der Waals surface area (Å²) >= 11 is 1.41. The second-order valence-electron chi connectivity index (χ2n) is 13.2. The van der Waals surface area contributed by atoms with E-state index >= 15 is 4.39 Å². The van der Waals surface area contributed by atoms with Crippen LogP contribution in [-0.4, -0.2) is 123 Å². The molecule has 5 amide bonds. The van der Waals surface area contributed by atoms with Crippen molar-refractivity contribution in [2.24, 2.45) is 0 Å². The zero-order chi connectivity index (χ0) is 37.9. The molecule has 0 bridgehead atoms. The van der Waals surface area contributed by atoms with Gasteiger partial charge < -0.3 is 29.5 Å². The largest absolute Gasteiger partial charge is 0.488 e. The number of hydrogen-bond donors (Lipinski definition) is 2. The van der Waals surface area contributed by atoms with Crippen molar-refractivity contribution in [2.45, 2.75) is 31.7 Å². The highest BCUT2D eigenvalue weighted by Crippen LogP contribution is 2.37. The van der Waals surface area contributed by atoms with E-state index in [9.17, 15) is 32.8 Å². The van der Waals surface area contributed by atoms with Crippen LogP contribution in [0.15, 0.2) is 29.6 Å². The van der Waals surface area contributed by atoms with Gasteiger partial charge in [0.25, 0.3) is 11.8 Å². The Bertz CT molecular complexity index is 1970. The number of anilines is 2. The topological polar surface area (TPSA) is 154 Å². The Morgan fingerprint density at radius 3 is 2.41 bits per heavy atom. The van der Waals surface area contributed by atoms with Crippen molar-refractivity contribution >= 4 is 51.7 Å². The van der Waals surface area contributed by atoms with Crippen LogP contribution in [0.4, 0.5) is 24.0 Å². The maximum absolute atomic E-state index is 15.3. The molecule has 5 heterocycles. The average molecular weight is 770 g/mol. The van der Waals surface area contributed by atoms with Crippen LogP contribution in [0.2, 0.25) is 0 Å². The van der Waals surface area contributed by atoms with Gasteiger partial charge in [0.05, 0.1) is 35.7 Å². The highest BCUT2D eigenvalue weighted by molar-refractivity contribution is 7.14. The Morgan fingerprint density at radius 1 is 0.926 bits per heavy atom. The lowest BCUT2D eigenvalue weighted by Gasteiger charge is -2.36. The third-order valence-corrected chi connectivity index (χ3v) is 10.8. The molecule has 1 atom stereocenters. The van der Waals surface area contributed by atoms with Gasteiger partial charge in [-0.15, -0.1) is 11.3 Å². The van der Waals surface area contributed by atoms with Crippen LogP contribution < -0.4 is 25.2 Å². The van der Waals surface area contributed by atoms with Gasteiger partial charge in [0.15, 0.2) is 16.7 Å². The van der Waals surface area contributed by atoms with Crippen LogP contribution in [0.3, 0.4) is 0 Å². The lowest BCUT2D eigenvalue weighted by Crippen LogP contribution is -2.54. The van der Waals surface area contributed by atoms with E-state index in [1.165, 1.54) is 23.5 Å². The van der Waals surface area contributed by atoms with Crippen LogP contribution in [0.25, 0.3) is 11.3 Å². The van der Waals surface area contributed by atoms with Crippen molar-refractivity contribution in [1.82, 2.24) is 25.4 Å². The minimum Gasteiger partial charge on any atom is -0.488 e. The standard InChI is InChI=1S/C36H38F3N7O7S/c37-24-4-3-21(26-20-54-36(41-26)45-13-16-52-17-14-45)32(31(24)39)53-15-8-40-7-1-2-30(48)44-11-9-43(10-12-44)28-19-23-22(18-25(28)38)34(50)46(35(23)51)27-5-6-29(47)42-33(27)49/h3-4,18-20,27,40H,1-2,5-17H2,(H,42,47,49). The quantitative estimate of drug-likeness (QED) is 0.207. The molecule has 2 aromatic carbocycles. The molecule has 3 aromatic rings. The number of hydrogen-bond acceptors (Lipinski definition) is 12. The maximum atomic E-state index is 15.3. The smallest absolute Gasteiger partial charge is 0.262 e. The molecule has 18 heteroatoms. The second-order valence-corrected chi connectivity index (χ2v) is 14.1. The molecular formula is C36H38F3N7O7S. The fourth-order valence-corrected chi connectivity index (χ4v) is 7.83. The van der Waals surface area contributed by atoms with Crippen molar-refractivity contribution in [3.8, 4) is 17.0 Å². The lowest BCUT2D eigenvalue weighted by molar-refractivity contribution is -0.136. The number of piperazine rings is 1. The Hall–Kier alpha value is -5.07. The maximum Gasteiger partial charge on any atom is 0.262 e. The normalized spacial score (nSPS) is 19.1. The highest BCUT2D eigenvalue weighted by Gasteiger charge is 2.45. The molecule has 1 aromatic heterocycles. The first-order chi connectivity index (χ1) is 26.1. The summed E-state index contributed by atoms with van der Waals surface area (Å²) in [6, 6.07) is 3.67. The summed E-state index contributed by atoms with van der Waals surface area (Å²) in [5, 5.41) is 7.85. The third-order valence-electron chi connectivity index (χ3n) is 9.85. The Balaban J connectivity index is 0.851. The number of piperidine rings is 1. The van der Waals surface area contributed by atoms with Gasteiger partial charge in [0.2, 0.25) is 23.5 Å². The number of thiazole rings is 1. The monoisotopic (exact) mass is 769 g/mol. The van der Waals surface area contributed by atoms with Gasteiger partial charge in [0.1, 0.15) is 18.5 Å². The predicted octanol–water partition coefficient (Wildman–Crippen LogP) is 2.56. The van der Waals surface area contributed by atoms with E-state index in [-0.39, 0.29) is 54.3 Å². The molecule has 0 radical (unpaired) electrons. The molecule has 2 N–H and O–H groups in total. The number of ether oxygens (including phenoxy) is 2. The number of morpholine rings is 1. The Morgan fingerprint density at radius 2 is 1.67 bits per heavy atom. The SMILES string of the molecule is O=C1CCC(N2C(=O)c3cc(F)c(N4CCN(C(=O)CCCNCCOc5c(-c6csc(N7CCOCC7)n6)ccc(F)c5F)CC4)cc3C2=O)C(=O)N1. The fraction of sp³-hybridized carbons (Fsp3) is 0.444. The summed E-state index contributed by atoms with van der Waals surface area (Å²) in [6.07, 6.45) is 0.744. The number of nitrogens with zero attached hydrogens (tertiary/aromatic N) is 5. The van der Waals surface area contributed by atoms with E-state index in [2.05, 4.69) is 20.5 Å². The van der Waals surface area contributed by atoms with Gasteiger partial charge in [-0.25, -0.2) is 13.8 Å². The average Bonchev–Trinajstić information content (AvgIpc) is 3.75. The number of carbonyl (C=O) groups excluding carboxylic acids is 5. The third kappa shape index (κ3) is 7.63. The van der Waals surface area contributed by atoms with Crippen molar-refractivity contribution in [1.29, 1.82) is 0 Å². The minimum atomic E-state index is -1.15. The molecule has 0 spiro atoms. The summed E-state index contributed by atoms with van der Waals surface area (Å²) in [7, 11) is 0. The molecule has 4 aliphatic rings. The molecule has 14 nitrogen and oxygen atoms in total. The van der Waals surface area contributed by atoms with E-state index in [4.69, 9.17) is 9.47 Å². The van der Waals surface area contributed by atoms with E-state index in [1.807, 2.05) is 0 Å². The first kappa shape index (κ1) is 37.3. The first-order valence-corrected chi connectivity index (χ1v) is 18.7. The minimum absolute atomic E-state index is 0.00388. The van der Waals surface area contributed by atoms with Gasteiger partial charge in [-0.05, 0) is 43.7 Å². The number of carbonyl (C=O) groups is 5. The molecule has 1 unspecified atom stereocenters. The molecule has 0 aliphatic carbocycles. The summed E-state index contributed by atoms with van der Waals surface area (Å²) in [5.74, 6) is -5.83.